The zero-order valence-electron chi connectivity index (χ0n) is 14.7. The van der Waals surface area contributed by atoms with Gasteiger partial charge in [0.1, 0.15) is 0 Å². The second-order valence-corrected chi connectivity index (χ2v) is 9.30. The van der Waals surface area contributed by atoms with E-state index in [0.717, 1.165) is 30.0 Å². The van der Waals surface area contributed by atoms with Crippen LogP contribution in [0.1, 0.15) is 64.2 Å². The summed E-state index contributed by atoms with van der Waals surface area (Å²) in [4.78, 5) is 2.94. The van der Waals surface area contributed by atoms with Crippen molar-refractivity contribution in [3.05, 3.63) is 0 Å². The predicted octanol–water partition coefficient (Wildman–Crippen LogP) is 2.76. The van der Waals surface area contributed by atoms with Crippen LogP contribution in [0.2, 0.25) is 0 Å². The van der Waals surface area contributed by atoms with E-state index >= 15 is 0 Å². The molecule has 4 saturated heterocycles. The maximum absolute atomic E-state index is 4.04. The van der Waals surface area contributed by atoms with Gasteiger partial charge in [-0.05, 0) is 82.8 Å². The first kappa shape index (κ1) is 15.2. The van der Waals surface area contributed by atoms with Crippen LogP contribution in [0, 0.1) is 17.3 Å². The fourth-order valence-corrected chi connectivity index (χ4v) is 7.36. The predicted molar refractivity (Wildman–Crippen MR) is 94.5 cm³/mol. The summed E-state index contributed by atoms with van der Waals surface area (Å²) in [6.45, 7) is 5.30. The maximum Gasteiger partial charge on any atom is 0.0179 e. The van der Waals surface area contributed by atoms with Gasteiger partial charge in [0.15, 0.2) is 0 Å². The SMILES string of the molecule is C1CC[C@H]([C@@]23C[C@@H](C[C@@H]4CCCN[C@@H]42)[C@@H]2CCCCN2C3)NC1. The van der Waals surface area contributed by atoms with Crippen LogP contribution in [0.5, 0.6) is 0 Å². The average Bonchev–Trinajstić information content (AvgIpc) is 2.63. The number of rotatable bonds is 1. The maximum atomic E-state index is 4.04. The molecule has 5 rings (SSSR count). The first-order chi connectivity index (χ1) is 11.4. The molecular weight excluding hydrogens is 282 g/mol. The molecule has 1 saturated carbocycles. The number of nitrogens with zero attached hydrogens (tertiary/aromatic N) is 1. The van der Waals surface area contributed by atoms with Gasteiger partial charge in [0, 0.05) is 30.1 Å². The van der Waals surface area contributed by atoms with Gasteiger partial charge in [0.25, 0.3) is 0 Å². The van der Waals surface area contributed by atoms with Crippen molar-refractivity contribution >= 4 is 0 Å². The molecule has 3 nitrogen and oxygen atoms in total. The monoisotopic (exact) mass is 317 g/mol. The molecule has 5 fully saturated rings. The zero-order chi connectivity index (χ0) is 15.3. The van der Waals surface area contributed by atoms with E-state index < -0.39 is 0 Å². The van der Waals surface area contributed by atoms with Crippen molar-refractivity contribution in [1.82, 2.24) is 15.5 Å². The summed E-state index contributed by atoms with van der Waals surface area (Å²) in [6, 6.07) is 2.51. The van der Waals surface area contributed by atoms with Gasteiger partial charge < -0.3 is 10.6 Å². The molecule has 0 aromatic heterocycles. The van der Waals surface area contributed by atoms with Crippen molar-refractivity contribution in [1.29, 1.82) is 0 Å². The lowest BCUT2D eigenvalue weighted by atomic mass is 9.52. The molecule has 130 valence electrons. The summed E-state index contributed by atoms with van der Waals surface area (Å²) in [5, 5.41) is 8.04. The Morgan fingerprint density at radius 3 is 2.65 bits per heavy atom. The molecule has 0 amide bonds. The van der Waals surface area contributed by atoms with E-state index in [9.17, 15) is 0 Å². The minimum atomic E-state index is 0.530. The highest BCUT2D eigenvalue weighted by Crippen LogP contribution is 2.55. The highest BCUT2D eigenvalue weighted by molar-refractivity contribution is 5.14. The molecule has 23 heavy (non-hydrogen) atoms. The van der Waals surface area contributed by atoms with Gasteiger partial charge in [-0.3, -0.25) is 4.90 Å². The lowest BCUT2D eigenvalue weighted by Crippen LogP contribution is -2.72. The Balaban J connectivity index is 1.50. The van der Waals surface area contributed by atoms with Gasteiger partial charge in [-0.15, -0.1) is 0 Å². The van der Waals surface area contributed by atoms with Gasteiger partial charge in [0.05, 0.1) is 0 Å². The molecule has 2 N–H and O–H groups in total. The van der Waals surface area contributed by atoms with Gasteiger partial charge in [-0.25, -0.2) is 0 Å². The first-order valence-electron chi connectivity index (χ1n) is 10.6. The first-order valence-corrected chi connectivity index (χ1v) is 10.6. The molecule has 0 radical (unpaired) electrons. The Labute approximate surface area is 142 Å². The van der Waals surface area contributed by atoms with Gasteiger partial charge >= 0.3 is 0 Å². The second kappa shape index (κ2) is 6.00. The molecule has 5 aliphatic rings. The Bertz CT molecular complexity index is 431. The Hall–Kier alpha value is -0.120. The van der Waals surface area contributed by atoms with E-state index in [4.69, 9.17) is 0 Å². The topological polar surface area (TPSA) is 27.3 Å². The standard InChI is InChI=1S/C20H35N3/c1-3-9-21-18(8-1)20-13-16(12-15-6-5-10-22-19(15)20)17-7-2-4-11-23(17)14-20/h15-19,21-22H,1-14H2/t15-,16+,17-,18+,19-,20-/m0/s1. The molecule has 1 aliphatic carbocycles. The largest absolute Gasteiger partial charge is 0.313 e. The normalized spacial score (nSPS) is 50.9. The third-order valence-electron chi connectivity index (χ3n) is 8.16. The summed E-state index contributed by atoms with van der Waals surface area (Å²) < 4.78 is 0. The molecule has 0 aromatic rings. The van der Waals surface area contributed by atoms with E-state index in [0.29, 0.717) is 5.41 Å². The summed E-state index contributed by atoms with van der Waals surface area (Å²) in [5.74, 6) is 1.96. The van der Waals surface area contributed by atoms with Crippen LogP contribution >= 0.6 is 0 Å². The van der Waals surface area contributed by atoms with Crippen LogP contribution in [0.25, 0.3) is 0 Å². The Morgan fingerprint density at radius 2 is 1.74 bits per heavy atom. The molecule has 6 atom stereocenters. The third kappa shape index (κ3) is 2.41. The van der Waals surface area contributed by atoms with E-state index in [-0.39, 0.29) is 0 Å². The van der Waals surface area contributed by atoms with Crippen molar-refractivity contribution in [3.63, 3.8) is 0 Å². The van der Waals surface area contributed by atoms with Crippen LogP contribution in [-0.2, 0) is 0 Å². The van der Waals surface area contributed by atoms with Crippen molar-refractivity contribution in [2.45, 2.75) is 82.3 Å². The molecule has 4 aliphatic heterocycles. The minimum Gasteiger partial charge on any atom is -0.313 e. The van der Waals surface area contributed by atoms with Crippen LogP contribution in [0.15, 0.2) is 0 Å². The summed E-state index contributed by atoms with van der Waals surface area (Å²) in [5.41, 5.74) is 0.530. The highest BCUT2D eigenvalue weighted by Gasteiger charge is 2.58. The van der Waals surface area contributed by atoms with Crippen LogP contribution < -0.4 is 10.6 Å². The molecule has 2 bridgehead atoms. The van der Waals surface area contributed by atoms with E-state index in [1.54, 1.807) is 0 Å². The fourth-order valence-electron chi connectivity index (χ4n) is 7.36. The number of fused-ring (bicyclic) bond motifs is 6. The minimum absolute atomic E-state index is 0.530. The third-order valence-corrected chi connectivity index (χ3v) is 8.16. The van der Waals surface area contributed by atoms with Crippen molar-refractivity contribution in [2.24, 2.45) is 17.3 Å². The fraction of sp³-hybridized carbons (Fsp3) is 1.00. The van der Waals surface area contributed by atoms with Crippen LogP contribution in [0.3, 0.4) is 0 Å². The molecular formula is C20H35N3. The molecule has 4 heterocycles. The van der Waals surface area contributed by atoms with Crippen molar-refractivity contribution in [2.75, 3.05) is 26.2 Å². The quantitative estimate of drug-likeness (QED) is 0.779. The van der Waals surface area contributed by atoms with Crippen molar-refractivity contribution < 1.29 is 0 Å². The molecule has 0 unspecified atom stereocenters. The van der Waals surface area contributed by atoms with Gasteiger partial charge in [-0.1, -0.05) is 12.8 Å². The highest BCUT2D eigenvalue weighted by atomic mass is 15.2. The lowest BCUT2D eigenvalue weighted by Gasteiger charge is -2.64. The lowest BCUT2D eigenvalue weighted by molar-refractivity contribution is -0.117. The number of nitrogens with one attached hydrogen (secondary N) is 2. The molecule has 0 spiro atoms. The van der Waals surface area contributed by atoms with Crippen LogP contribution in [-0.4, -0.2) is 49.2 Å². The number of hydrogen-bond donors (Lipinski definition) is 2. The summed E-state index contributed by atoms with van der Waals surface area (Å²) in [6.07, 6.45) is 14.6. The Kier molecular flexibility index (Phi) is 3.95. The zero-order valence-corrected chi connectivity index (χ0v) is 14.7. The Morgan fingerprint density at radius 1 is 0.826 bits per heavy atom. The van der Waals surface area contributed by atoms with E-state index in [1.165, 1.54) is 90.4 Å². The number of piperidine rings is 4. The smallest absolute Gasteiger partial charge is 0.0179 e. The van der Waals surface area contributed by atoms with E-state index in [1.807, 2.05) is 0 Å². The molecule has 0 aromatic carbocycles. The number of hydrogen-bond acceptors (Lipinski definition) is 3. The van der Waals surface area contributed by atoms with Gasteiger partial charge in [-0.2, -0.15) is 0 Å². The summed E-state index contributed by atoms with van der Waals surface area (Å²) >= 11 is 0. The molecule has 3 heteroatoms. The van der Waals surface area contributed by atoms with Crippen LogP contribution in [0.4, 0.5) is 0 Å². The van der Waals surface area contributed by atoms with Crippen molar-refractivity contribution in [3.8, 4) is 0 Å². The average molecular weight is 318 g/mol. The summed E-state index contributed by atoms with van der Waals surface area (Å²) in [7, 11) is 0. The van der Waals surface area contributed by atoms with Gasteiger partial charge in [0.2, 0.25) is 0 Å². The second-order valence-electron chi connectivity index (χ2n) is 9.30. The van der Waals surface area contributed by atoms with E-state index in [2.05, 4.69) is 15.5 Å².